The molecule has 0 spiro atoms. The minimum atomic E-state index is -3.65. The van der Waals surface area contributed by atoms with Crippen molar-refractivity contribution in [3.63, 3.8) is 0 Å². The van der Waals surface area contributed by atoms with Gasteiger partial charge in [-0.2, -0.15) is 0 Å². The molecular weight excluding hydrogens is 472 g/mol. The molecule has 1 N–H and O–H groups in total. The number of likely N-dealkylation sites (tertiary alicyclic amines) is 1. The molecule has 2 aliphatic rings. The molecule has 0 bridgehead atoms. The zero-order valence-corrected chi connectivity index (χ0v) is 20.4. The van der Waals surface area contributed by atoms with Gasteiger partial charge in [0, 0.05) is 58.2 Å². The second-order valence-electron chi connectivity index (χ2n) is 8.54. The Labute approximate surface area is 204 Å². The van der Waals surface area contributed by atoms with Crippen LogP contribution in [-0.2, 0) is 24.3 Å². The molecule has 1 aromatic heterocycles. The lowest BCUT2D eigenvalue weighted by Crippen LogP contribution is -2.42. The molecule has 4 rings (SSSR count). The van der Waals surface area contributed by atoms with Crippen LogP contribution in [0.1, 0.15) is 17.2 Å². The third-order valence-electron chi connectivity index (χ3n) is 6.23. The molecule has 0 radical (unpaired) electrons. The lowest BCUT2D eigenvalue weighted by atomic mass is 9.96. The molecule has 10 nitrogen and oxygen atoms in total. The summed E-state index contributed by atoms with van der Waals surface area (Å²) in [4.78, 5) is 33.9. The van der Waals surface area contributed by atoms with Crippen LogP contribution in [0.15, 0.2) is 59.3 Å². The Hall–Kier alpha value is -3.12. The topological polar surface area (TPSA) is 120 Å². The smallest absolute Gasteiger partial charge is 0.295 e. The largest absolute Gasteiger partial charge is 0.507 e. The number of pyridine rings is 1. The highest BCUT2D eigenvalue weighted by Gasteiger charge is 2.46. The molecule has 2 aliphatic heterocycles. The fraction of sp³-hybridized carbons (Fsp3) is 0.375. The minimum absolute atomic E-state index is 0.0357. The van der Waals surface area contributed by atoms with Crippen LogP contribution in [0.25, 0.3) is 5.76 Å². The Morgan fingerprint density at radius 1 is 1.06 bits per heavy atom. The summed E-state index contributed by atoms with van der Waals surface area (Å²) in [5, 5.41) is 11.2. The Morgan fingerprint density at radius 3 is 2.29 bits per heavy atom. The summed E-state index contributed by atoms with van der Waals surface area (Å²) in [5.74, 6) is -1.82. The van der Waals surface area contributed by atoms with Gasteiger partial charge in [-0.05, 0) is 42.0 Å². The number of rotatable bonds is 7. The van der Waals surface area contributed by atoms with Gasteiger partial charge in [-0.3, -0.25) is 19.5 Å². The number of aromatic nitrogens is 1. The van der Waals surface area contributed by atoms with E-state index in [2.05, 4.69) is 9.88 Å². The highest BCUT2D eigenvalue weighted by molar-refractivity contribution is 7.89. The second kappa shape index (κ2) is 10.2. The Bertz CT molecular complexity index is 1220. The van der Waals surface area contributed by atoms with Gasteiger partial charge in [0.25, 0.3) is 11.7 Å². The number of ether oxygens (including phenoxy) is 1. The maximum atomic E-state index is 13.1. The van der Waals surface area contributed by atoms with Crippen molar-refractivity contribution in [2.45, 2.75) is 10.9 Å². The summed E-state index contributed by atoms with van der Waals surface area (Å²) in [6.07, 6.45) is 3.14. The van der Waals surface area contributed by atoms with Crippen molar-refractivity contribution < 1.29 is 27.9 Å². The highest BCUT2D eigenvalue weighted by Crippen LogP contribution is 2.39. The fourth-order valence-corrected chi connectivity index (χ4v) is 5.13. The van der Waals surface area contributed by atoms with Crippen molar-refractivity contribution >= 4 is 27.5 Å². The third kappa shape index (κ3) is 4.98. The van der Waals surface area contributed by atoms with Gasteiger partial charge in [0.2, 0.25) is 10.0 Å². The van der Waals surface area contributed by atoms with E-state index < -0.39 is 27.8 Å². The third-order valence-corrected chi connectivity index (χ3v) is 8.06. The first-order valence-electron chi connectivity index (χ1n) is 11.2. The van der Waals surface area contributed by atoms with Gasteiger partial charge in [-0.25, -0.2) is 12.7 Å². The predicted octanol–water partition coefficient (Wildman–Crippen LogP) is 1.09. The summed E-state index contributed by atoms with van der Waals surface area (Å²) in [5.41, 5.74) is 0.855. The van der Waals surface area contributed by atoms with Gasteiger partial charge in [-0.1, -0.05) is 0 Å². The minimum Gasteiger partial charge on any atom is -0.507 e. The summed E-state index contributed by atoms with van der Waals surface area (Å²) < 4.78 is 31.2. The number of nitrogens with zero attached hydrogens (tertiary/aromatic N) is 4. The highest BCUT2D eigenvalue weighted by atomic mass is 32.2. The summed E-state index contributed by atoms with van der Waals surface area (Å²) >= 11 is 0. The zero-order chi connectivity index (χ0) is 25.2. The quantitative estimate of drug-likeness (QED) is 0.341. The molecule has 186 valence electrons. The molecule has 2 aromatic rings. The Kier molecular flexibility index (Phi) is 7.31. The van der Waals surface area contributed by atoms with Crippen molar-refractivity contribution in [3.8, 4) is 0 Å². The monoisotopic (exact) mass is 500 g/mol. The van der Waals surface area contributed by atoms with Crippen LogP contribution >= 0.6 is 0 Å². The van der Waals surface area contributed by atoms with E-state index in [1.54, 1.807) is 24.5 Å². The van der Waals surface area contributed by atoms with Gasteiger partial charge in [0.1, 0.15) is 5.76 Å². The second-order valence-corrected chi connectivity index (χ2v) is 10.7. The Balaban J connectivity index is 1.71. The van der Waals surface area contributed by atoms with E-state index >= 15 is 0 Å². The fourth-order valence-electron chi connectivity index (χ4n) is 4.23. The summed E-state index contributed by atoms with van der Waals surface area (Å²) in [6, 6.07) is 8.20. The van der Waals surface area contributed by atoms with Crippen molar-refractivity contribution in [2.24, 2.45) is 0 Å². The number of Topliss-reactive ketones (excluding diaryl/α,β-unsaturated/α-hetero) is 1. The molecule has 11 heteroatoms. The number of morpholine rings is 1. The molecule has 1 aromatic carbocycles. The first kappa shape index (κ1) is 25.0. The molecule has 0 saturated carbocycles. The molecule has 35 heavy (non-hydrogen) atoms. The maximum Gasteiger partial charge on any atom is 0.295 e. The number of amides is 1. The molecule has 3 heterocycles. The molecule has 1 amide bonds. The molecule has 2 saturated heterocycles. The molecular formula is C24H28N4O6S. The normalized spacial score (nSPS) is 21.1. The standard InChI is InChI=1S/C24H28N4O6S/c1-26(2)35(32,33)19-5-3-18(4-6-19)22(29)20-21(17-7-9-25-10-8-17)28(24(31)23(20)30)12-11-27-13-15-34-16-14-27/h3-10,21,29H,11-16H2,1-2H3/t21-/m0/s1. The average molecular weight is 501 g/mol. The molecule has 1 atom stereocenters. The predicted molar refractivity (Wildman–Crippen MR) is 128 cm³/mol. The van der Waals surface area contributed by atoms with Gasteiger partial charge < -0.3 is 14.7 Å². The number of hydrogen-bond acceptors (Lipinski definition) is 8. The van der Waals surface area contributed by atoms with E-state index in [4.69, 9.17) is 4.74 Å². The first-order valence-corrected chi connectivity index (χ1v) is 12.7. The van der Waals surface area contributed by atoms with Gasteiger partial charge in [0.15, 0.2) is 0 Å². The van der Waals surface area contributed by atoms with Crippen LogP contribution in [0.4, 0.5) is 0 Å². The van der Waals surface area contributed by atoms with Crippen molar-refractivity contribution in [2.75, 3.05) is 53.5 Å². The summed E-state index contributed by atoms with van der Waals surface area (Å²) in [7, 11) is -0.799. The summed E-state index contributed by atoms with van der Waals surface area (Å²) in [6.45, 7) is 3.58. The lowest BCUT2D eigenvalue weighted by molar-refractivity contribution is -0.140. The number of hydrogen-bond donors (Lipinski definition) is 1. The zero-order valence-electron chi connectivity index (χ0n) is 19.6. The number of aliphatic hydroxyl groups is 1. The van der Waals surface area contributed by atoms with Crippen LogP contribution < -0.4 is 0 Å². The van der Waals surface area contributed by atoms with Gasteiger partial charge in [0.05, 0.1) is 29.7 Å². The molecule has 0 unspecified atom stereocenters. The van der Waals surface area contributed by atoms with Crippen molar-refractivity contribution in [1.82, 2.24) is 19.1 Å². The Morgan fingerprint density at radius 2 is 1.69 bits per heavy atom. The number of benzene rings is 1. The van der Waals surface area contributed by atoms with Gasteiger partial charge in [-0.15, -0.1) is 0 Å². The average Bonchev–Trinajstić information content (AvgIpc) is 3.13. The molecule has 2 fully saturated rings. The van der Waals surface area contributed by atoms with E-state index in [1.807, 2.05) is 0 Å². The van der Waals surface area contributed by atoms with E-state index in [1.165, 1.54) is 43.3 Å². The van der Waals surface area contributed by atoms with Crippen LogP contribution in [0, 0.1) is 0 Å². The van der Waals surface area contributed by atoms with E-state index in [0.29, 0.717) is 31.9 Å². The van der Waals surface area contributed by atoms with Crippen molar-refractivity contribution in [3.05, 3.63) is 65.5 Å². The maximum absolute atomic E-state index is 13.1. The van der Waals surface area contributed by atoms with Crippen LogP contribution in [0.3, 0.4) is 0 Å². The SMILES string of the molecule is CN(C)S(=O)(=O)c1ccc(C(O)=C2C(=O)C(=O)N(CCN3CCOCC3)[C@H]2c2ccncc2)cc1. The first-order chi connectivity index (χ1) is 16.7. The van der Waals surface area contributed by atoms with Crippen LogP contribution in [0.2, 0.25) is 0 Å². The molecule has 0 aliphatic carbocycles. The van der Waals surface area contributed by atoms with Crippen LogP contribution in [0.5, 0.6) is 0 Å². The lowest BCUT2D eigenvalue weighted by Gasteiger charge is -2.31. The van der Waals surface area contributed by atoms with Gasteiger partial charge >= 0.3 is 0 Å². The van der Waals surface area contributed by atoms with Crippen molar-refractivity contribution in [1.29, 1.82) is 0 Å². The van der Waals surface area contributed by atoms with E-state index in [-0.39, 0.29) is 21.8 Å². The number of sulfonamides is 1. The number of aliphatic hydroxyl groups excluding tert-OH is 1. The van der Waals surface area contributed by atoms with Crippen LogP contribution in [-0.4, -0.2) is 97.8 Å². The number of ketones is 1. The van der Waals surface area contributed by atoms with E-state index in [0.717, 1.165) is 17.4 Å². The number of carbonyl (C=O) groups excluding carboxylic acids is 2. The van der Waals surface area contributed by atoms with E-state index in [9.17, 15) is 23.1 Å². The number of carbonyl (C=O) groups is 2.